The van der Waals surface area contributed by atoms with Gasteiger partial charge in [-0.2, -0.15) is 4.31 Å². The van der Waals surface area contributed by atoms with Crippen LogP contribution in [0.4, 0.5) is 17.1 Å². The van der Waals surface area contributed by atoms with Gasteiger partial charge in [-0.1, -0.05) is 55.1 Å². The van der Waals surface area contributed by atoms with Crippen molar-refractivity contribution < 1.29 is 31.5 Å². The lowest BCUT2D eigenvalue weighted by atomic mass is 9.83. The topological polar surface area (TPSA) is 133 Å². The number of likely N-dealkylation sites (N-methyl/N-ethyl adjacent to an activating group) is 1. The van der Waals surface area contributed by atoms with Gasteiger partial charge in [0.2, 0.25) is 20.0 Å². The summed E-state index contributed by atoms with van der Waals surface area (Å²) < 4.78 is 62.1. The van der Waals surface area contributed by atoms with Crippen LogP contribution >= 0.6 is 11.6 Å². The highest BCUT2D eigenvalue weighted by atomic mass is 35.5. The minimum Gasteiger partial charge on any atom is -0.478 e. The van der Waals surface area contributed by atoms with Gasteiger partial charge in [-0.25, -0.2) is 21.6 Å². The lowest BCUT2D eigenvalue weighted by molar-refractivity contribution is 0.0698. The van der Waals surface area contributed by atoms with Crippen LogP contribution in [0.5, 0.6) is 0 Å². The number of aromatic carboxylic acids is 1. The van der Waals surface area contributed by atoms with E-state index in [4.69, 9.17) is 16.3 Å². The standard InChI is InChI=1S/C31H36ClN3O7S2/c1-34-29(21-9-5-3-6-10-21)20-35(23-11-7-4-8-12-23)28-19-26(32)24(18-30(28)44(34,40)41)22-13-14-27(25(17-22)31(36)37)33-43(38,39)16-15-42-2/h4,7-8,11-14,17-19,21,29,33H,3,5-6,9-10,15-16,20H2,1-2H3,(H,36,37)/t29-/m0/s1. The van der Waals surface area contributed by atoms with Crippen molar-refractivity contribution in [1.29, 1.82) is 0 Å². The van der Waals surface area contributed by atoms with Crippen LogP contribution in [0.3, 0.4) is 0 Å². The number of carbonyl (C=O) groups is 1. The Kier molecular flexibility index (Phi) is 9.57. The van der Waals surface area contributed by atoms with Crippen LogP contribution in [0.1, 0.15) is 42.5 Å². The summed E-state index contributed by atoms with van der Waals surface area (Å²) in [4.78, 5) is 14.3. The van der Waals surface area contributed by atoms with Crippen LogP contribution in [0, 0.1) is 5.92 Å². The molecule has 3 aromatic rings. The van der Waals surface area contributed by atoms with E-state index in [1.165, 1.54) is 35.7 Å². The number of anilines is 3. The summed E-state index contributed by atoms with van der Waals surface area (Å²) in [5, 5.41) is 10.2. The van der Waals surface area contributed by atoms with Gasteiger partial charge < -0.3 is 14.7 Å². The average molecular weight is 662 g/mol. The molecule has 0 spiro atoms. The molecule has 2 N–H and O–H groups in total. The first-order valence-corrected chi connectivity index (χ1v) is 17.9. The highest BCUT2D eigenvalue weighted by molar-refractivity contribution is 7.92. The Hall–Kier alpha value is -3.16. The number of methoxy groups -OCH3 is 1. The number of benzene rings is 3. The minimum atomic E-state index is -4.00. The summed E-state index contributed by atoms with van der Waals surface area (Å²) >= 11 is 6.84. The fourth-order valence-corrected chi connectivity index (χ4v) is 9.00. The lowest BCUT2D eigenvalue weighted by Crippen LogP contribution is -2.46. The molecular weight excluding hydrogens is 626 g/mol. The first-order chi connectivity index (χ1) is 20.9. The molecule has 1 fully saturated rings. The average Bonchev–Trinajstić information content (AvgIpc) is 3.08. The molecule has 0 bridgehead atoms. The van der Waals surface area contributed by atoms with Gasteiger partial charge in [0, 0.05) is 38.0 Å². The van der Waals surface area contributed by atoms with E-state index in [0.29, 0.717) is 23.4 Å². The zero-order valence-corrected chi connectivity index (χ0v) is 27.0. The molecule has 5 rings (SSSR count). The van der Waals surface area contributed by atoms with E-state index >= 15 is 0 Å². The first-order valence-electron chi connectivity index (χ1n) is 14.4. The lowest BCUT2D eigenvalue weighted by Gasteiger charge is -2.36. The number of fused-ring (bicyclic) bond motifs is 1. The number of sulfonamides is 2. The van der Waals surface area contributed by atoms with Gasteiger partial charge in [0.15, 0.2) is 0 Å². The highest BCUT2D eigenvalue weighted by Gasteiger charge is 2.41. The van der Waals surface area contributed by atoms with E-state index < -0.39 is 26.0 Å². The molecule has 0 unspecified atom stereocenters. The summed E-state index contributed by atoms with van der Waals surface area (Å²) in [6, 6.07) is 16.6. The van der Waals surface area contributed by atoms with E-state index in [0.717, 1.165) is 37.8 Å². The maximum Gasteiger partial charge on any atom is 0.337 e. The summed E-state index contributed by atoms with van der Waals surface area (Å²) in [6.07, 6.45) is 5.18. The van der Waals surface area contributed by atoms with Gasteiger partial charge in [-0.15, -0.1) is 0 Å². The van der Waals surface area contributed by atoms with Crippen molar-refractivity contribution in [2.75, 3.05) is 42.7 Å². The number of ether oxygens (including phenoxy) is 1. The Bertz CT molecular complexity index is 1750. The second-order valence-electron chi connectivity index (χ2n) is 11.2. The molecule has 3 aromatic carbocycles. The predicted molar refractivity (Wildman–Crippen MR) is 172 cm³/mol. The van der Waals surface area contributed by atoms with Crippen molar-refractivity contribution in [3.05, 3.63) is 71.2 Å². The molecule has 13 heteroatoms. The van der Waals surface area contributed by atoms with Gasteiger partial charge >= 0.3 is 5.97 Å². The van der Waals surface area contributed by atoms with Crippen molar-refractivity contribution in [1.82, 2.24) is 4.31 Å². The van der Waals surface area contributed by atoms with Crippen LogP contribution < -0.4 is 9.62 Å². The molecule has 1 aliphatic heterocycles. The Balaban J connectivity index is 1.63. The second-order valence-corrected chi connectivity index (χ2v) is 15.4. The normalized spacial score (nSPS) is 19.2. The molecule has 236 valence electrons. The Labute approximate surface area is 263 Å². The number of carboxylic acids is 1. The van der Waals surface area contributed by atoms with Crippen molar-refractivity contribution in [3.8, 4) is 11.1 Å². The van der Waals surface area contributed by atoms with Crippen molar-refractivity contribution in [2.24, 2.45) is 5.92 Å². The number of hydrogen-bond acceptors (Lipinski definition) is 7. The van der Waals surface area contributed by atoms with Gasteiger partial charge in [0.25, 0.3) is 0 Å². The first kappa shape index (κ1) is 32.2. The second kappa shape index (κ2) is 13.1. The third-order valence-electron chi connectivity index (χ3n) is 8.48. The van der Waals surface area contributed by atoms with Gasteiger partial charge in [-0.3, -0.25) is 4.72 Å². The molecule has 0 saturated heterocycles. The number of para-hydroxylation sites is 1. The molecule has 0 aromatic heterocycles. The summed E-state index contributed by atoms with van der Waals surface area (Å²) in [7, 11) is -4.88. The number of nitrogens with one attached hydrogen (secondary N) is 1. The van der Waals surface area contributed by atoms with Gasteiger partial charge in [0.05, 0.1) is 34.3 Å². The fraction of sp³-hybridized carbons (Fsp3) is 0.387. The number of carboxylic acid groups (broad SMARTS) is 1. The summed E-state index contributed by atoms with van der Waals surface area (Å²) in [5.41, 5.74) is 1.48. The summed E-state index contributed by atoms with van der Waals surface area (Å²) in [6.45, 7) is 0.388. The summed E-state index contributed by atoms with van der Waals surface area (Å²) in [5.74, 6) is -1.51. The highest BCUT2D eigenvalue weighted by Crippen LogP contribution is 2.45. The monoisotopic (exact) mass is 661 g/mol. The maximum atomic E-state index is 14.3. The molecule has 44 heavy (non-hydrogen) atoms. The van der Waals surface area contributed by atoms with Crippen LogP contribution in [0.15, 0.2) is 65.6 Å². The van der Waals surface area contributed by atoms with Crippen molar-refractivity contribution >= 4 is 54.7 Å². The van der Waals surface area contributed by atoms with E-state index in [1.807, 2.05) is 35.2 Å². The molecule has 1 heterocycles. The van der Waals surface area contributed by atoms with E-state index in [-0.39, 0.29) is 45.5 Å². The van der Waals surface area contributed by atoms with Gasteiger partial charge in [-0.05, 0) is 60.7 Å². The SMILES string of the molecule is COCCS(=O)(=O)Nc1ccc(-c2cc3c(cc2Cl)N(c2ccccc2)C[C@@H](C2CCCCC2)N(C)S3(=O)=O)cc1C(=O)O. The molecule has 1 aliphatic carbocycles. The predicted octanol–water partition coefficient (Wildman–Crippen LogP) is 5.81. The molecule has 1 atom stereocenters. The Morgan fingerprint density at radius 3 is 2.43 bits per heavy atom. The third-order valence-corrected chi connectivity index (χ3v) is 11.9. The molecule has 0 radical (unpaired) electrons. The van der Waals surface area contributed by atoms with Crippen molar-refractivity contribution in [3.63, 3.8) is 0 Å². The van der Waals surface area contributed by atoms with E-state index in [9.17, 15) is 26.7 Å². The fourth-order valence-electron chi connectivity index (χ4n) is 6.12. The number of rotatable bonds is 9. The maximum absolute atomic E-state index is 14.3. The van der Waals surface area contributed by atoms with Crippen LogP contribution in [-0.4, -0.2) is 71.3 Å². The minimum absolute atomic E-state index is 0.0581. The van der Waals surface area contributed by atoms with Crippen molar-refractivity contribution in [2.45, 2.75) is 43.0 Å². The molecule has 2 aliphatic rings. The largest absolute Gasteiger partial charge is 0.478 e. The molecule has 1 saturated carbocycles. The zero-order valence-electron chi connectivity index (χ0n) is 24.6. The number of hydrogen-bond donors (Lipinski definition) is 2. The van der Waals surface area contributed by atoms with Gasteiger partial charge in [0.1, 0.15) is 4.90 Å². The molecule has 10 nitrogen and oxygen atoms in total. The quantitative estimate of drug-likeness (QED) is 0.293. The molecular formula is C31H36ClN3O7S2. The number of halogens is 1. The smallest absolute Gasteiger partial charge is 0.337 e. The molecule has 0 amide bonds. The Morgan fingerprint density at radius 2 is 1.77 bits per heavy atom. The van der Waals surface area contributed by atoms with Crippen LogP contribution in [-0.2, 0) is 24.8 Å². The third kappa shape index (κ3) is 6.59. The van der Waals surface area contributed by atoms with E-state index in [2.05, 4.69) is 4.72 Å². The van der Waals surface area contributed by atoms with Crippen LogP contribution in [0.25, 0.3) is 11.1 Å². The zero-order chi connectivity index (χ0) is 31.6. The number of nitrogens with zero attached hydrogens (tertiary/aromatic N) is 2. The van der Waals surface area contributed by atoms with Crippen LogP contribution in [0.2, 0.25) is 5.02 Å². The van der Waals surface area contributed by atoms with E-state index in [1.54, 1.807) is 13.1 Å². The Morgan fingerprint density at radius 1 is 1.07 bits per heavy atom.